The number of benzene rings is 1. The first kappa shape index (κ1) is 22.8. The summed E-state index contributed by atoms with van der Waals surface area (Å²) >= 11 is 0. The molecule has 1 aliphatic heterocycles. The van der Waals surface area contributed by atoms with Gasteiger partial charge in [0.05, 0.1) is 11.5 Å². The molecule has 1 aliphatic rings. The number of nitrogens with one attached hydrogen (secondary N) is 2. The molecule has 11 heteroatoms. The van der Waals surface area contributed by atoms with Crippen LogP contribution in [-0.2, 0) is 21.2 Å². The number of anilines is 2. The van der Waals surface area contributed by atoms with Crippen LogP contribution < -0.4 is 26.6 Å². The van der Waals surface area contributed by atoms with E-state index < -0.39 is 20.9 Å². The Balaban J connectivity index is 1.52. The molecule has 4 N–H and O–H groups in total. The number of primary sulfonamides is 1. The Morgan fingerprint density at radius 2 is 1.74 bits per heavy atom. The van der Waals surface area contributed by atoms with Crippen LogP contribution in [0.2, 0.25) is 0 Å². The largest absolute Gasteiger partial charge is 0.450 e. The van der Waals surface area contributed by atoms with Crippen LogP contribution in [0.5, 0.6) is 0 Å². The number of piperidine rings is 1. The monoisotopic (exact) mass is 450 g/mol. The number of sulfonamides is 1. The number of ether oxygens (including phenoxy) is 1. The van der Waals surface area contributed by atoms with E-state index in [2.05, 4.69) is 10.6 Å². The van der Waals surface area contributed by atoms with Gasteiger partial charge in [-0.2, -0.15) is 0 Å². The predicted molar refractivity (Wildman–Crippen MR) is 117 cm³/mol. The molecule has 1 amide bonds. The normalized spacial score (nSPS) is 15.1. The summed E-state index contributed by atoms with van der Waals surface area (Å²) in [5.41, 5.74) is 0.298. The Bertz CT molecular complexity index is 1100. The fourth-order valence-corrected chi connectivity index (χ4v) is 4.02. The lowest BCUT2D eigenvalue weighted by Gasteiger charge is -2.32. The summed E-state index contributed by atoms with van der Waals surface area (Å²) in [6.07, 6.45) is 1.48. The first-order chi connectivity index (χ1) is 14.7. The third kappa shape index (κ3) is 5.42. The molecule has 10 nitrogen and oxygen atoms in total. The van der Waals surface area contributed by atoms with Crippen LogP contribution >= 0.6 is 0 Å². The van der Waals surface area contributed by atoms with Crippen molar-refractivity contribution in [2.45, 2.75) is 37.1 Å². The smallest absolute Gasteiger partial charge is 0.409 e. The van der Waals surface area contributed by atoms with Crippen LogP contribution in [0, 0.1) is 0 Å². The predicted octanol–water partition coefficient (Wildman–Crippen LogP) is 0.617. The van der Waals surface area contributed by atoms with Crippen molar-refractivity contribution in [2.75, 3.05) is 36.9 Å². The van der Waals surface area contributed by atoms with E-state index in [-0.39, 0.29) is 28.4 Å². The topological polar surface area (TPSA) is 148 Å². The Hall–Kier alpha value is -2.92. The van der Waals surface area contributed by atoms with E-state index in [0.29, 0.717) is 45.5 Å². The third-order valence-corrected chi connectivity index (χ3v) is 6.18. The van der Waals surface area contributed by atoms with Gasteiger partial charge in [-0.3, -0.25) is 9.59 Å². The lowest BCUT2D eigenvalue weighted by molar-refractivity contribution is 0.0983. The van der Waals surface area contributed by atoms with E-state index in [1.54, 1.807) is 24.0 Å². The Labute approximate surface area is 180 Å². The van der Waals surface area contributed by atoms with Crippen molar-refractivity contribution in [1.29, 1.82) is 0 Å². The maximum atomic E-state index is 12.0. The zero-order valence-corrected chi connectivity index (χ0v) is 18.0. The van der Waals surface area contributed by atoms with Crippen molar-refractivity contribution in [3.8, 4) is 0 Å². The van der Waals surface area contributed by atoms with Crippen LogP contribution in [-0.4, -0.2) is 51.7 Å². The highest BCUT2D eigenvalue weighted by Crippen LogP contribution is 2.21. The Morgan fingerprint density at radius 1 is 1.13 bits per heavy atom. The number of carbonyl (C=O) groups is 1. The van der Waals surface area contributed by atoms with Gasteiger partial charge in [0.2, 0.25) is 10.0 Å². The number of hydrogen-bond donors (Lipinski definition) is 3. The molecule has 0 aliphatic carbocycles. The summed E-state index contributed by atoms with van der Waals surface area (Å²) < 4.78 is 27.6. The molecule has 31 heavy (non-hydrogen) atoms. The maximum absolute atomic E-state index is 12.0. The highest BCUT2D eigenvalue weighted by Gasteiger charge is 2.27. The molecule has 0 bridgehead atoms. The van der Waals surface area contributed by atoms with Crippen molar-refractivity contribution in [1.82, 2.24) is 4.90 Å². The number of hydrogen-bond acceptors (Lipinski definition) is 8. The zero-order valence-electron chi connectivity index (χ0n) is 17.2. The van der Waals surface area contributed by atoms with Crippen LogP contribution in [0.3, 0.4) is 0 Å². The van der Waals surface area contributed by atoms with Crippen LogP contribution in [0.15, 0.2) is 38.8 Å². The highest BCUT2D eigenvalue weighted by atomic mass is 32.2. The van der Waals surface area contributed by atoms with E-state index in [4.69, 9.17) is 9.88 Å². The molecule has 1 heterocycles. The number of nitrogens with zero attached hydrogens (tertiary/aromatic N) is 1. The van der Waals surface area contributed by atoms with Crippen molar-refractivity contribution in [3.63, 3.8) is 0 Å². The lowest BCUT2D eigenvalue weighted by Crippen LogP contribution is -2.45. The van der Waals surface area contributed by atoms with Crippen LogP contribution in [0.1, 0.15) is 25.3 Å². The fraction of sp³-hybridized carbons (Fsp3) is 0.450. The molecule has 168 valence electrons. The second-order valence-electron chi connectivity index (χ2n) is 7.38. The van der Waals surface area contributed by atoms with Gasteiger partial charge in [0, 0.05) is 25.7 Å². The molecule has 0 atom stereocenters. The minimum Gasteiger partial charge on any atom is -0.450 e. The zero-order chi connectivity index (χ0) is 22.6. The molecule has 0 unspecified atom stereocenters. The molecular weight excluding hydrogens is 424 g/mol. The Morgan fingerprint density at radius 3 is 2.32 bits per heavy atom. The number of nitrogens with two attached hydrogens (primary N) is 1. The van der Waals surface area contributed by atoms with Gasteiger partial charge < -0.3 is 20.3 Å². The molecule has 0 radical (unpaired) electrons. The summed E-state index contributed by atoms with van der Waals surface area (Å²) in [6.45, 7) is 3.51. The number of likely N-dealkylation sites (tertiary alicyclic amines) is 1. The van der Waals surface area contributed by atoms with E-state index in [0.717, 1.165) is 5.56 Å². The van der Waals surface area contributed by atoms with Gasteiger partial charge in [-0.15, -0.1) is 0 Å². The van der Waals surface area contributed by atoms with Crippen molar-refractivity contribution in [2.24, 2.45) is 5.14 Å². The molecule has 3 rings (SSSR count). The van der Waals surface area contributed by atoms with Gasteiger partial charge in [-0.05, 0) is 43.9 Å². The highest BCUT2D eigenvalue weighted by molar-refractivity contribution is 7.89. The van der Waals surface area contributed by atoms with E-state index >= 15 is 0 Å². The van der Waals surface area contributed by atoms with Crippen molar-refractivity contribution in [3.05, 3.63) is 50.3 Å². The minimum atomic E-state index is -3.74. The summed E-state index contributed by atoms with van der Waals surface area (Å²) in [5, 5.41) is 11.2. The van der Waals surface area contributed by atoms with Gasteiger partial charge in [-0.1, -0.05) is 12.1 Å². The third-order valence-electron chi connectivity index (χ3n) is 5.25. The molecule has 0 saturated carbocycles. The molecule has 0 spiro atoms. The summed E-state index contributed by atoms with van der Waals surface area (Å²) in [5.74, 6) is 0. The van der Waals surface area contributed by atoms with Gasteiger partial charge in [0.1, 0.15) is 11.4 Å². The van der Waals surface area contributed by atoms with E-state index in [1.165, 1.54) is 12.1 Å². The minimum absolute atomic E-state index is 0.0136. The van der Waals surface area contributed by atoms with E-state index in [1.807, 2.05) is 0 Å². The van der Waals surface area contributed by atoms with Crippen LogP contribution in [0.25, 0.3) is 0 Å². The molecule has 1 saturated heterocycles. The molecule has 1 fully saturated rings. The summed E-state index contributed by atoms with van der Waals surface area (Å²) in [6, 6.07) is 6.15. The number of rotatable bonds is 8. The summed E-state index contributed by atoms with van der Waals surface area (Å²) in [4.78, 5) is 37.4. The van der Waals surface area contributed by atoms with E-state index in [9.17, 15) is 22.8 Å². The van der Waals surface area contributed by atoms with Crippen LogP contribution in [0.4, 0.5) is 16.2 Å². The second kappa shape index (κ2) is 9.48. The number of amides is 1. The first-order valence-corrected chi connectivity index (χ1v) is 11.6. The van der Waals surface area contributed by atoms with Gasteiger partial charge in [0.25, 0.3) is 10.9 Å². The quantitative estimate of drug-likeness (QED) is 0.496. The molecular formula is C20H26N4O6S. The summed E-state index contributed by atoms with van der Waals surface area (Å²) in [7, 11) is -3.74. The van der Waals surface area contributed by atoms with Gasteiger partial charge in [-0.25, -0.2) is 18.4 Å². The average molecular weight is 451 g/mol. The maximum Gasteiger partial charge on any atom is 0.409 e. The van der Waals surface area contributed by atoms with Crippen molar-refractivity contribution < 1.29 is 17.9 Å². The number of carbonyl (C=O) groups excluding carboxylic acids is 1. The van der Waals surface area contributed by atoms with Crippen molar-refractivity contribution >= 4 is 27.5 Å². The molecule has 2 aromatic rings. The fourth-order valence-electron chi connectivity index (χ4n) is 3.50. The standard InChI is InChI=1S/C20H26N4O6S/c1-2-30-20(27)24-11-8-14(9-12-24)23-17-16(18(25)19(17)26)22-10-7-13-3-5-15(6-4-13)31(21,28)29/h3-6,14,22-23H,2,7-12H2,1H3,(H2,21,28,29). The second-order valence-corrected chi connectivity index (χ2v) is 8.94. The van der Waals surface area contributed by atoms with Gasteiger partial charge in [0.15, 0.2) is 0 Å². The molecule has 0 aromatic heterocycles. The molecule has 2 aromatic carbocycles. The average Bonchev–Trinajstić information content (AvgIpc) is 2.75. The van der Waals surface area contributed by atoms with Gasteiger partial charge >= 0.3 is 6.09 Å². The Kier molecular flexibility index (Phi) is 6.96. The SMILES string of the molecule is CCOC(=O)N1CCC(Nc2c(NCCc3ccc(S(N)(=O)=O)cc3)c(=O)c2=O)CC1. The first-order valence-electron chi connectivity index (χ1n) is 10.1. The lowest BCUT2D eigenvalue weighted by atomic mass is 10.0.